The Kier molecular flexibility index (Phi) is 5.03. The third-order valence-electron chi connectivity index (χ3n) is 3.70. The summed E-state index contributed by atoms with van der Waals surface area (Å²) in [7, 11) is 0. The van der Waals surface area contributed by atoms with E-state index in [1.54, 1.807) is 4.90 Å². The Hall–Kier alpha value is -1.96. The van der Waals surface area contributed by atoms with E-state index in [4.69, 9.17) is 5.73 Å². The van der Waals surface area contributed by atoms with E-state index in [9.17, 15) is 14.4 Å². The largest absolute Gasteiger partial charge is 0.365 e. The topological polar surface area (TPSA) is 105 Å². The summed E-state index contributed by atoms with van der Waals surface area (Å²) in [6.07, 6.45) is 2.87. The predicted molar refractivity (Wildman–Crippen MR) is 88.0 cm³/mol. The molecule has 2 rings (SSSR count). The highest BCUT2D eigenvalue weighted by molar-refractivity contribution is 7.17. The molecule has 7 nitrogen and oxygen atoms in total. The van der Waals surface area contributed by atoms with E-state index < -0.39 is 11.3 Å². The number of primary amides is 1. The lowest BCUT2D eigenvalue weighted by molar-refractivity contribution is -0.142. The lowest BCUT2D eigenvalue weighted by Gasteiger charge is -2.35. The summed E-state index contributed by atoms with van der Waals surface area (Å²) in [6.45, 7) is 6.72. The Balaban J connectivity index is 1.99. The van der Waals surface area contributed by atoms with Gasteiger partial charge in [0.15, 0.2) is 5.13 Å². The number of thiazole rings is 1. The summed E-state index contributed by atoms with van der Waals surface area (Å²) >= 11 is 1.05. The molecule has 0 radical (unpaired) electrons. The number of hydrogen-bond acceptors (Lipinski definition) is 5. The molecule has 1 fully saturated rings. The van der Waals surface area contributed by atoms with E-state index in [0.717, 1.165) is 24.2 Å². The van der Waals surface area contributed by atoms with Crippen molar-refractivity contribution in [3.63, 3.8) is 0 Å². The van der Waals surface area contributed by atoms with Crippen LogP contribution in [-0.2, 0) is 9.59 Å². The molecule has 3 amide bonds. The van der Waals surface area contributed by atoms with Crippen molar-refractivity contribution in [3.05, 3.63) is 11.1 Å². The van der Waals surface area contributed by atoms with Crippen molar-refractivity contribution < 1.29 is 14.4 Å². The smallest absolute Gasteiger partial charge is 0.260 e. The first-order valence-corrected chi connectivity index (χ1v) is 8.36. The fourth-order valence-electron chi connectivity index (χ4n) is 2.50. The summed E-state index contributed by atoms with van der Waals surface area (Å²) < 4.78 is 0. The number of piperidine rings is 1. The van der Waals surface area contributed by atoms with Crippen LogP contribution in [-0.4, -0.2) is 40.7 Å². The fourth-order valence-corrected chi connectivity index (χ4v) is 3.17. The summed E-state index contributed by atoms with van der Waals surface area (Å²) in [5.41, 5.74) is 4.71. The quantitative estimate of drug-likeness (QED) is 0.870. The molecule has 0 spiro atoms. The highest BCUT2D eigenvalue weighted by atomic mass is 32.1. The second-order valence-corrected chi connectivity index (χ2v) is 7.75. The van der Waals surface area contributed by atoms with Gasteiger partial charge in [-0.1, -0.05) is 32.1 Å². The van der Waals surface area contributed by atoms with Crippen LogP contribution in [0.3, 0.4) is 0 Å². The molecule has 1 aromatic heterocycles. The van der Waals surface area contributed by atoms with Crippen molar-refractivity contribution in [1.82, 2.24) is 9.88 Å². The summed E-state index contributed by atoms with van der Waals surface area (Å²) in [4.78, 5) is 41.8. The van der Waals surface area contributed by atoms with E-state index in [1.165, 1.54) is 6.20 Å². The fraction of sp³-hybridized carbons (Fsp3) is 0.600. The number of likely N-dealkylation sites (tertiary alicyclic amines) is 1. The molecule has 126 valence electrons. The van der Waals surface area contributed by atoms with Crippen molar-refractivity contribution in [2.24, 2.45) is 17.1 Å². The van der Waals surface area contributed by atoms with Gasteiger partial charge in [0.2, 0.25) is 11.8 Å². The molecule has 8 heteroatoms. The Morgan fingerprint density at radius 3 is 2.65 bits per heavy atom. The van der Waals surface area contributed by atoms with Gasteiger partial charge in [-0.3, -0.25) is 14.4 Å². The maximum Gasteiger partial charge on any atom is 0.260 e. The van der Waals surface area contributed by atoms with Crippen LogP contribution in [0.25, 0.3) is 0 Å². The summed E-state index contributed by atoms with van der Waals surface area (Å²) in [6, 6.07) is 0. The van der Waals surface area contributed by atoms with Gasteiger partial charge in [-0.2, -0.15) is 0 Å². The van der Waals surface area contributed by atoms with Gasteiger partial charge in [0, 0.05) is 18.5 Å². The van der Waals surface area contributed by atoms with Crippen molar-refractivity contribution in [2.75, 3.05) is 18.4 Å². The minimum Gasteiger partial charge on any atom is -0.365 e. The standard InChI is InChI=1S/C15H22N4O3S/c1-15(2,3)13(22)19-6-4-5-9(8-19)12(21)18-14-17-7-10(23-14)11(16)20/h7,9H,4-6,8H2,1-3H3,(H2,16,20)(H,17,18,21). The number of anilines is 1. The maximum atomic E-state index is 12.4. The highest BCUT2D eigenvalue weighted by Gasteiger charge is 2.33. The number of carbonyl (C=O) groups is 3. The van der Waals surface area contributed by atoms with E-state index in [1.807, 2.05) is 20.8 Å². The zero-order valence-electron chi connectivity index (χ0n) is 13.6. The zero-order valence-corrected chi connectivity index (χ0v) is 14.4. The molecular formula is C15H22N4O3S. The number of hydrogen-bond donors (Lipinski definition) is 2. The Morgan fingerprint density at radius 2 is 2.09 bits per heavy atom. The van der Waals surface area contributed by atoms with Crippen LogP contribution in [0.15, 0.2) is 6.20 Å². The molecule has 23 heavy (non-hydrogen) atoms. The number of rotatable bonds is 3. The molecule has 0 saturated carbocycles. The normalized spacial score (nSPS) is 18.6. The van der Waals surface area contributed by atoms with Crippen molar-refractivity contribution in [3.8, 4) is 0 Å². The molecule has 0 bridgehead atoms. The van der Waals surface area contributed by atoms with Crippen LogP contribution in [0.2, 0.25) is 0 Å². The van der Waals surface area contributed by atoms with Crippen molar-refractivity contribution >= 4 is 34.2 Å². The Morgan fingerprint density at radius 1 is 1.39 bits per heavy atom. The Bertz CT molecular complexity index is 620. The number of nitrogens with one attached hydrogen (secondary N) is 1. The Labute approximate surface area is 139 Å². The van der Waals surface area contributed by atoms with Crippen molar-refractivity contribution in [1.29, 1.82) is 0 Å². The molecule has 0 aromatic carbocycles. The van der Waals surface area contributed by atoms with Crippen LogP contribution >= 0.6 is 11.3 Å². The lowest BCUT2D eigenvalue weighted by Crippen LogP contribution is -2.47. The molecule has 2 heterocycles. The molecule has 3 N–H and O–H groups in total. The second kappa shape index (κ2) is 6.66. The minimum atomic E-state index is -0.567. The van der Waals surface area contributed by atoms with Gasteiger partial charge in [-0.25, -0.2) is 4.98 Å². The van der Waals surface area contributed by atoms with Gasteiger partial charge in [0.25, 0.3) is 5.91 Å². The van der Waals surface area contributed by atoms with Crippen LogP contribution < -0.4 is 11.1 Å². The summed E-state index contributed by atoms with van der Waals surface area (Å²) in [5, 5.41) is 3.06. The lowest BCUT2D eigenvalue weighted by atomic mass is 9.91. The number of aromatic nitrogens is 1. The summed E-state index contributed by atoms with van der Waals surface area (Å²) in [5.74, 6) is -0.958. The zero-order chi connectivity index (χ0) is 17.2. The van der Waals surface area contributed by atoms with Gasteiger partial charge in [0.05, 0.1) is 12.1 Å². The molecule has 0 aliphatic carbocycles. The third-order valence-corrected chi connectivity index (χ3v) is 4.63. The van der Waals surface area contributed by atoms with Gasteiger partial charge in [0.1, 0.15) is 4.88 Å². The minimum absolute atomic E-state index is 0.0558. The predicted octanol–water partition coefficient (Wildman–Crippen LogP) is 1.47. The van der Waals surface area contributed by atoms with Gasteiger partial charge < -0.3 is 16.0 Å². The van der Waals surface area contributed by atoms with Gasteiger partial charge in [-0.15, -0.1) is 0 Å². The van der Waals surface area contributed by atoms with Crippen LogP contribution in [0.1, 0.15) is 43.3 Å². The van der Waals surface area contributed by atoms with E-state index >= 15 is 0 Å². The molecular weight excluding hydrogens is 316 g/mol. The molecule has 1 aromatic rings. The average Bonchev–Trinajstić information content (AvgIpc) is 2.94. The molecule has 1 saturated heterocycles. The first-order chi connectivity index (χ1) is 10.7. The van der Waals surface area contributed by atoms with E-state index in [2.05, 4.69) is 10.3 Å². The number of nitrogens with zero attached hydrogens (tertiary/aromatic N) is 2. The highest BCUT2D eigenvalue weighted by Crippen LogP contribution is 2.25. The van der Waals surface area contributed by atoms with Gasteiger partial charge in [-0.05, 0) is 12.8 Å². The van der Waals surface area contributed by atoms with Crippen LogP contribution in [0.5, 0.6) is 0 Å². The molecule has 1 unspecified atom stereocenters. The van der Waals surface area contributed by atoms with Crippen molar-refractivity contribution in [2.45, 2.75) is 33.6 Å². The van der Waals surface area contributed by atoms with E-state index in [-0.39, 0.29) is 17.7 Å². The first kappa shape index (κ1) is 17.4. The first-order valence-electron chi connectivity index (χ1n) is 7.54. The average molecular weight is 338 g/mol. The number of nitrogens with two attached hydrogens (primary N) is 1. The van der Waals surface area contributed by atoms with Crippen LogP contribution in [0, 0.1) is 11.3 Å². The monoisotopic (exact) mass is 338 g/mol. The number of amides is 3. The van der Waals surface area contributed by atoms with Crippen LogP contribution in [0.4, 0.5) is 5.13 Å². The molecule has 1 atom stereocenters. The second-order valence-electron chi connectivity index (χ2n) is 6.72. The SMILES string of the molecule is CC(C)(C)C(=O)N1CCCC(C(=O)Nc2ncc(C(N)=O)s2)C1. The van der Waals surface area contributed by atoms with Gasteiger partial charge >= 0.3 is 0 Å². The molecule has 1 aliphatic rings. The van der Waals surface area contributed by atoms with E-state index in [0.29, 0.717) is 23.1 Å². The molecule has 1 aliphatic heterocycles. The maximum absolute atomic E-state index is 12.4. The third kappa shape index (κ3) is 4.28. The number of carbonyl (C=O) groups excluding carboxylic acids is 3.